The minimum absolute atomic E-state index is 0.0819. The quantitative estimate of drug-likeness (QED) is 0.760. The largest absolute Gasteiger partial charge is 0.416 e. The Morgan fingerprint density at radius 1 is 1.12 bits per heavy atom. The van der Waals surface area contributed by atoms with Gasteiger partial charge in [-0.3, -0.25) is 4.79 Å². The Bertz CT molecular complexity index is 794. The van der Waals surface area contributed by atoms with Gasteiger partial charge in [0.1, 0.15) is 0 Å². The standard InChI is InChI=1S/C19H16F3NO/c1-13(24)17(14-5-3-2-4-6-14)12-23-10-9-15-11-16(19(20,21)22)7-8-18(15)23/h2-8,11-12H,9-10H2,1H3/b17-12+. The molecule has 0 atom stereocenters. The molecule has 3 rings (SSSR count). The summed E-state index contributed by atoms with van der Waals surface area (Å²) in [6.07, 6.45) is -2.08. The number of halogens is 3. The number of benzene rings is 2. The highest BCUT2D eigenvalue weighted by Gasteiger charge is 2.32. The van der Waals surface area contributed by atoms with Crippen LogP contribution in [-0.4, -0.2) is 12.3 Å². The van der Waals surface area contributed by atoms with Crippen LogP contribution in [0.4, 0.5) is 18.9 Å². The molecule has 24 heavy (non-hydrogen) atoms. The van der Waals surface area contributed by atoms with Gasteiger partial charge >= 0.3 is 6.18 Å². The first-order valence-corrected chi connectivity index (χ1v) is 7.61. The number of hydrogen-bond donors (Lipinski definition) is 0. The van der Waals surface area contributed by atoms with Gasteiger partial charge in [-0.05, 0) is 42.7 Å². The molecule has 0 N–H and O–H groups in total. The number of allylic oxidation sites excluding steroid dienone is 1. The number of carbonyl (C=O) groups excluding carboxylic acids is 1. The van der Waals surface area contributed by atoms with Crippen LogP contribution in [0.15, 0.2) is 54.7 Å². The highest BCUT2D eigenvalue weighted by molar-refractivity contribution is 6.19. The number of fused-ring (bicyclic) bond motifs is 1. The average Bonchev–Trinajstić information content (AvgIpc) is 2.94. The fourth-order valence-corrected chi connectivity index (χ4v) is 2.88. The maximum absolute atomic E-state index is 12.8. The van der Waals surface area contributed by atoms with E-state index < -0.39 is 11.7 Å². The van der Waals surface area contributed by atoms with Crippen molar-refractivity contribution in [3.63, 3.8) is 0 Å². The molecule has 1 aliphatic rings. The first kappa shape index (κ1) is 16.3. The average molecular weight is 331 g/mol. The molecule has 0 unspecified atom stereocenters. The second kappa shape index (κ2) is 6.15. The minimum atomic E-state index is -4.34. The van der Waals surface area contributed by atoms with Crippen LogP contribution in [0, 0.1) is 0 Å². The van der Waals surface area contributed by atoms with Crippen LogP contribution in [0.3, 0.4) is 0 Å². The summed E-state index contributed by atoms with van der Waals surface area (Å²) in [5.74, 6) is -0.0819. The summed E-state index contributed by atoms with van der Waals surface area (Å²) in [7, 11) is 0. The van der Waals surface area contributed by atoms with Gasteiger partial charge in [0.15, 0.2) is 5.78 Å². The summed E-state index contributed by atoms with van der Waals surface area (Å²) in [6, 6.07) is 13.0. The molecular formula is C19H16F3NO. The Balaban J connectivity index is 1.97. The van der Waals surface area contributed by atoms with E-state index in [1.807, 2.05) is 35.2 Å². The van der Waals surface area contributed by atoms with E-state index >= 15 is 0 Å². The molecule has 1 aliphatic heterocycles. The topological polar surface area (TPSA) is 20.3 Å². The first-order valence-electron chi connectivity index (χ1n) is 7.61. The van der Waals surface area contributed by atoms with E-state index in [1.165, 1.54) is 19.1 Å². The zero-order valence-electron chi connectivity index (χ0n) is 13.1. The number of nitrogens with zero attached hydrogens (tertiary/aromatic N) is 1. The zero-order valence-corrected chi connectivity index (χ0v) is 13.1. The summed E-state index contributed by atoms with van der Waals surface area (Å²) in [6.45, 7) is 2.04. The van der Waals surface area contributed by atoms with E-state index in [1.54, 1.807) is 6.20 Å². The molecule has 124 valence electrons. The van der Waals surface area contributed by atoms with E-state index in [4.69, 9.17) is 0 Å². The normalized spacial score (nSPS) is 14.7. The smallest absolute Gasteiger partial charge is 0.347 e. The molecule has 0 bridgehead atoms. The molecule has 2 aromatic carbocycles. The fraction of sp³-hybridized carbons (Fsp3) is 0.211. The third-order valence-electron chi connectivity index (χ3n) is 4.09. The Kier molecular flexibility index (Phi) is 4.18. The van der Waals surface area contributed by atoms with Crippen LogP contribution >= 0.6 is 0 Å². The van der Waals surface area contributed by atoms with Gasteiger partial charge in [0.2, 0.25) is 0 Å². The number of Topliss-reactive ketones (excluding diaryl/α,β-unsaturated/α-hetero) is 1. The molecule has 0 aromatic heterocycles. The second-order valence-corrected chi connectivity index (χ2v) is 5.75. The lowest BCUT2D eigenvalue weighted by Gasteiger charge is -2.17. The lowest BCUT2D eigenvalue weighted by molar-refractivity contribution is -0.137. The van der Waals surface area contributed by atoms with Crippen molar-refractivity contribution in [1.29, 1.82) is 0 Å². The molecule has 0 amide bonds. The lowest BCUT2D eigenvalue weighted by Crippen LogP contribution is -2.14. The molecule has 0 fully saturated rings. The zero-order chi connectivity index (χ0) is 17.3. The summed E-state index contributed by atoms with van der Waals surface area (Å²) >= 11 is 0. The molecule has 0 radical (unpaired) electrons. The summed E-state index contributed by atoms with van der Waals surface area (Å²) in [4.78, 5) is 13.8. The Hall–Kier alpha value is -2.56. The predicted molar refractivity (Wildman–Crippen MR) is 87.6 cm³/mol. The van der Waals surface area contributed by atoms with Crippen molar-refractivity contribution >= 4 is 17.0 Å². The van der Waals surface area contributed by atoms with Gasteiger partial charge < -0.3 is 4.90 Å². The predicted octanol–water partition coefficient (Wildman–Crippen LogP) is 4.70. The fourth-order valence-electron chi connectivity index (χ4n) is 2.88. The highest BCUT2D eigenvalue weighted by Crippen LogP contribution is 2.36. The van der Waals surface area contributed by atoms with Crippen molar-refractivity contribution in [2.45, 2.75) is 19.5 Å². The van der Waals surface area contributed by atoms with Crippen LogP contribution < -0.4 is 4.90 Å². The number of rotatable bonds is 3. The van der Waals surface area contributed by atoms with E-state index in [2.05, 4.69) is 0 Å². The van der Waals surface area contributed by atoms with Gasteiger partial charge in [0.05, 0.1) is 5.56 Å². The van der Waals surface area contributed by atoms with Crippen molar-refractivity contribution in [2.75, 3.05) is 11.4 Å². The first-order chi connectivity index (χ1) is 11.4. The van der Waals surface area contributed by atoms with Crippen LogP contribution in [0.25, 0.3) is 5.57 Å². The summed E-state index contributed by atoms with van der Waals surface area (Å²) in [5, 5.41) is 0. The van der Waals surface area contributed by atoms with Crippen LogP contribution in [0.5, 0.6) is 0 Å². The lowest BCUT2D eigenvalue weighted by atomic mass is 10.0. The third kappa shape index (κ3) is 3.20. The molecule has 0 saturated heterocycles. The molecule has 0 spiro atoms. The van der Waals surface area contributed by atoms with Crippen molar-refractivity contribution in [1.82, 2.24) is 0 Å². The van der Waals surface area contributed by atoms with Gasteiger partial charge in [-0.2, -0.15) is 13.2 Å². The molecule has 1 heterocycles. The van der Waals surface area contributed by atoms with Crippen LogP contribution in [-0.2, 0) is 17.4 Å². The van der Waals surface area contributed by atoms with Crippen molar-refractivity contribution < 1.29 is 18.0 Å². The molecular weight excluding hydrogens is 315 g/mol. The van der Waals surface area contributed by atoms with Gasteiger partial charge in [-0.1, -0.05) is 30.3 Å². The van der Waals surface area contributed by atoms with Gasteiger partial charge in [-0.15, -0.1) is 0 Å². The maximum atomic E-state index is 12.8. The van der Waals surface area contributed by atoms with E-state index in [9.17, 15) is 18.0 Å². The minimum Gasteiger partial charge on any atom is -0.347 e. The Morgan fingerprint density at radius 3 is 2.46 bits per heavy atom. The van der Waals surface area contributed by atoms with Gasteiger partial charge in [0, 0.05) is 24.0 Å². The number of hydrogen-bond acceptors (Lipinski definition) is 2. The second-order valence-electron chi connectivity index (χ2n) is 5.75. The summed E-state index contributed by atoms with van der Waals surface area (Å²) in [5.41, 5.74) is 2.07. The van der Waals surface area contributed by atoms with E-state index in [0.29, 0.717) is 24.1 Å². The van der Waals surface area contributed by atoms with Crippen molar-refractivity contribution in [3.05, 3.63) is 71.4 Å². The number of anilines is 1. The monoisotopic (exact) mass is 331 g/mol. The van der Waals surface area contributed by atoms with Crippen molar-refractivity contribution in [3.8, 4) is 0 Å². The van der Waals surface area contributed by atoms with Gasteiger partial charge in [-0.25, -0.2) is 0 Å². The van der Waals surface area contributed by atoms with Crippen molar-refractivity contribution in [2.24, 2.45) is 0 Å². The van der Waals surface area contributed by atoms with Crippen LogP contribution in [0.1, 0.15) is 23.6 Å². The third-order valence-corrected chi connectivity index (χ3v) is 4.09. The number of ketones is 1. The number of alkyl halides is 3. The molecule has 2 nitrogen and oxygen atoms in total. The summed E-state index contributed by atoms with van der Waals surface area (Å²) < 4.78 is 38.5. The maximum Gasteiger partial charge on any atom is 0.416 e. The molecule has 0 aliphatic carbocycles. The van der Waals surface area contributed by atoms with Crippen LogP contribution in [0.2, 0.25) is 0 Å². The Labute approximate surface area is 138 Å². The molecule has 5 heteroatoms. The van der Waals surface area contributed by atoms with E-state index in [-0.39, 0.29) is 5.78 Å². The molecule has 0 saturated carbocycles. The SMILES string of the molecule is CC(=O)/C(=C\N1CCc2cc(C(F)(F)F)ccc21)c1ccccc1. The van der Waals surface area contributed by atoms with E-state index in [0.717, 1.165) is 17.3 Å². The van der Waals surface area contributed by atoms with Gasteiger partial charge in [0.25, 0.3) is 0 Å². The Morgan fingerprint density at radius 2 is 1.83 bits per heavy atom. The highest BCUT2D eigenvalue weighted by atomic mass is 19.4. The number of carbonyl (C=O) groups is 1. The molecule has 2 aromatic rings.